The van der Waals surface area contributed by atoms with Crippen LogP contribution in [0, 0.1) is 5.41 Å². The predicted molar refractivity (Wildman–Crippen MR) is 79.4 cm³/mol. The van der Waals surface area contributed by atoms with E-state index in [2.05, 4.69) is 12.2 Å². The average molecular weight is 286 g/mol. The Labute approximate surface area is 120 Å². The zero-order valence-electron chi connectivity index (χ0n) is 10.9. The zero-order chi connectivity index (χ0) is 13.0. The van der Waals surface area contributed by atoms with Gasteiger partial charge in [-0.2, -0.15) is 0 Å². The van der Waals surface area contributed by atoms with Crippen molar-refractivity contribution in [2.75, 3.05) is 6.54 Å². The molecule has 18 heavy (non-hydrogen) atoms. The van der Waals surface area contributed by atoms with Crippen LogP contribution < -0.4 is 5.32 Å². The van der Waals surface area contributed by atoms with Crippen molar-refractivity contribution in [3.8, 4) is 0 Å². The van der Waals surface area contributed by atoms with Gasteiger partial charge in [0, 0.05) is 23.1 Å². The Morgan fingerprint density at radius 2 is 1.89 bits per heavy atom. The molecule has 0 aliphatic heterocycles. The molecule has 0 saturated heterocycles. The molecule has 100 valence electrons. The fourth-order valence-corrected chi connectivity index (χ4v) is 3.22. The molecule has 0 bridgehead atoms. The summed E-state index contributed by atoms with van der Waals surface area (Å²) < 4.78 is 0. The number of hydrogen-bond acceptors (Lipinski definition) is 1. The summed E-state index contributed by atoms with van der Waals surface area (Å²) in [6, 6.07) is 5.70. The molecule has 0 radical (unpaired) electrons. The summed E-state index contributed by atoms with van der Waals surface area (Å²) in [4.78, 5) is 0. The number of hydrogen-bond donors (Lipinski definition) is 1. The number of benzene rings is 1. The molecule has 1 N–H and O–H groups in total. The molecule has 3 heteroatoms. The first kappa shape index (κ1) is 14.2. The smallest absolute Gasteiger partial charge is 0.0465 e. The second kappa shape index (κ2) is 6.27. The van der Waals surface area contributed by atoms with Crippen LogP contribution in [-0.2, 0) is 6.54 Å². The SMILES string of the molecule is CC1(CNCc2ccc(Cl)cc2Cl)CCCCC1. The highest BCUT2D eigenvalue weighted by Gasteiger charge is 2.25. The van der Waals surface area contributed by atoms with Gasteiger partial charge in [0.2, 0.25) is 0 Å². The van der Waals surface area contributed by atoms with E-state index >= 15 is 0 Å². The van der Waals surface area contributed by atoms with Crippen molar-refractivity contribution >= 4 is 23.2 Å². The van der Waals surface area contributed by atoms with Gasteiger partial charge in [0.1, 0.15) is 0 Å². The van der Waals surface area contributed by atoms with Crippen LogP contribution in [0.3, 0.4) is 0 Å². The van der Waals surface area contributed by atoms with Crippen molar-refractivity contribution in [1.82, 2.24) is 5.32 Å². The fraction of sp³-hybridized carbons (Fsp3) is 0.600. The first-order chi connectivity index (χ1) is 8.59. The highest BCUT2D eigenvalue weighted by molar-refractivity contribution is 6.35. The van der Waals surface area contributed by atoms with Gasteiger partial charge in [-0.15, -0.1) is 0 Å². The third-order valence-electron chi connectivity index (χ3n) is 3.94. The molecule has 0 unspecified atom stereocenters. The highest BCUT2D eigenvalue weighted by atomic mass is 35.5. The third kappa shape index (κ3) is 3.88. The first-order valence-corrected chi connectivity index (χ1v) is 7.49. The van der Waals surface area contributed by atoms with Crippen LogP contribution in [0.15, 0.2) is 18.2 Å². The van der Waals surface area contributed by atoms with Gasteiger partial charge in [-0.05, 0) is 36.0 Å². The predicted octanol–water partition coefficient (Wildman–Crippen LogP) is 5.05. The third-order valence-corrected chi connectivity index (χ3v) is 4.53. The molecule has 0 heterocycles. The van der Waals surface area contributed by atoms with Crippen molar-refractivity contribution in [1.29, 1.82) is 0 Å². The van der Waals surface area contributed by atoms with E-state index in [0.717, 1.165) is 23.7 Å². The van der Waals surface area contributed by atoms with Crippen LogP contribution in [-0.4, -0.2) is 6.54 Å². The molecule has 1 saturated carbocycles. The number of halogens is 2. The van der Waals surface area contributed by atoms with E-state index in [-0.39, 0.29) is 0 Å². The van der Waals surface area contributed by atoms with E-state index in [4.69, 9.17) is 23.2 Å². The zero-order valence-corrected chi connectivity index (χ0v) is 12.4. The molecule has 1 aliphatic rings. The van der Waals surface area contributed by atoms with Crippen molar-refractivity contribution < 1.29 is 0 Å². The van der Waals surface area contributed by atoms with Gasteiger partial charge in [-0.3, -0.25) is 0 Å². The monoisotopic (exact) mass is 285 g/mol. The van der Waals surface area contributed by atoms with Gasteiger partial charge in [0.25, 0.3) is 0 Å². The maximum absolute atomic E-state index is 6.16. The summed E-state index contributed by atoms with van der Waals surface area (Å²) in [7, 11) is 0. The standard InChI is InChI=1S/C15H21Cl2N/c1-15(7-3-2-4-8-15)11-18-10-12-5-6-13(16)9-14(12)17/h5-6,9,18H,2-4,7-8,10-11H2,1H3. The summed E-state index contributed by atoms with van der Waals surface area (Å²) in [5, 5.41) is 5.00. The summed E-state index contributed by atoms with van der Waals surface area (Å²) in [5.74, 6) is 0. The fourth-order valence-electron chi connectivity index (χ4n) is 2.75. The van der Waals surface area contributed by atoms with Crippen LogP contribution in [0.2, 0.25) is 10.0 Å². The highest BCUT2D eigenvalue weighted by Crippen LogP contribution is 2.35. The van der Waals surface area contributed by atoms with E-state index in [9.17, 15) is 0 Å². The minimum absolute atomic E-state index is 0.469. The molecular formula is C15H21Cl2N. The van der Waals surface area contributed by atoms with E-state index in [0.29, 0.717) is 10.4 Å². The van der Waals surface area contributed by atoms with E-state index in [1.165, 1.54) is 32.1 Å². The van der Waals surface area contributed by atoms with Crippen LogP contribution in [0.25, 0.3) is 0 Å². The van der Waals surface area contributed by atoms with E-state index in [1.807, 2.05) is 18.2 Å². The quantitative estimate of drug-likeness (QED) is 0.816. The topological polar surface area (TPSA) is 12.0 Å². The Hall–Kier alpha value is -0.240. The minimum atomic E-state index is 0.469. The van der Waals surface area contributed by atoms with Gasteiger partial charge in [0.15, 0.2) is 0 Å². The molecule has 2 rings (SSSR count). The summed E-state index contributed by atoms with van der Waals surface area (Å²) in [5.41, 5.74) is 1.59. The molecule has 0 aromatic heterocycles. The Balaban J connectivity index is 1.84. The Morgan fingerprint density at radius 1 is 1.17 bits per heavy atom. The molecule has 1 nitrogen and oxygen atoms in total. The van der Waals surface area contributed by atoms with Gasteiger partial charge >= 0.3 is 0 Å². The Morgan fingerprint density at radius 3 is 2.56 bits per heavy atom. The first-order valence-electron chi connectivity index (χ1n) is 6.74. The number of nitrogens with one attached hydrogen (secondary N) is 1. The summed E-state index contributed by atoms with van der Waals surface area (Å²) in [6.45, 7) is 4.29. The van der Waals surface area contributed by atoms with Crippen LogP contribution in [0.4, 0.5) is 0 Å². The molecule has 1 fully saturated rings. The van der Waals surface area contributed by atoms with Crippen molar-refractivity contribution in [3.63, 3.8) is 0 Å². The van der Waals surface area contributed by atoms with E-state index in [1.54, 1.807) is 0 Å². The Kier molecular flexibility index (Phi) is 4.94. The van der Waals surface area contributed by atoms with Crippen molar-refractivity contribution in [3.05, 3.63) is 33.8 Å². The lowest BCUT2D eigenvalue weighted by atomic mass is 9.76. The second-order valence-electron chi connectivity index (χ2n) is 5.71. The lowest BCUT2D eigenvalue weighted by molar-refractivity contribution is 0.207. The summed E-state index contributed by atoms with van der Waals surface area (Å²) in [6.07, 6.45) is 6.83. The molecule has 1 aromatic carbocycles. The van der Waals surface area contributed by atoms with Gasteiger partial charge in [-0.25, -0.2) is 0 Å². The molecule has 0 spiro atoms. The van der Waals surface area contributed by atoms with Crippen LogP contribution in [0.1, 0.15) is 44.6 Å². The molecule has 1 aromatic rings. The maximum Gasteiger partial charge on any atom is 0.0465 e. The largest absolute Gasteiger partial charge is 0.312 e. The van der Waals surface area contributed by atoms with E-state index < -0.39 is 0 Å². The molecule has 0 amide bonds. The maximum atomic E-state index is 6.16. The van der Waals surface area contributed by atoms with Crippen molar-refractivity contribution in [2.45, 2.75) is 45.6 Å². The minimum Gasteiger partial charge on any atom is -0.312 e. The number of rotatable bonds is 4. The average Bonchev–Trinajstić information content (AvgIpc) is 2.33. The van der Waals surface area contributed by atoms with Crippen LogP contribution >= 0.6 is 23.2 Å². The second-order valence-corrected chi connectivity index (χ2v) is 6.55. The van der Waals surface area contributed by atoms with Gasteiger partial charge in [0.05, 0.1) is 0 Å². The normalized spacial score (nSPS) is 18.8. The van der Waals surface area contributed by atoms with Gasteiger partial charge < -0.3 is 5.32 Å². The molecule has 0 atom stereocenters. The lowest BCUT2D eigenvalue weighted by Gasteiger charge is -2.33. The lowest BCUT2D eigenvalue weighted by Crippen LogP contribution is -2.33. The van der Waals surface area contributed by atoms with Crippen LogP contribution in [0.5, 0.6) is 0 Å². The molecule has 1 aliphatic carbocycles. The Bertz CT molecular complexity index is 397. The van der Waals surface area contributed by atoms with Crippen molar-refractivity contribution in [2.24, 2.45) is 5.41 Å². The van der Waals surface area contributed by atoms with Gasteiger partial charge in [-0.1, -0.05) is 55.5 Å². The summed E-state index contributed by atoms with van der Waals surface area (Å²) >= 11 is 12.1. The molecular weight excluding hydrogens is 265 g/mol.